The molecule has 1 aliphatic rings. The summed E-state index contributed by atoms with van der Waals surface area (Å²) in [5.41, 5.74) is 5.20. The third-order valence-electron chi connectivity index (χ3n) is 2.32. The van der Waals surface area contributed by atoms with Crippen molar-refractivity contribution in [2.75, 3.05) is 13.2 Å². The molecule has 0 aliphatic carbocycles. The van der Waals surface area contributed by atoms with Gasteiger partial charge in [0.05, 0.1) is 13.2 Å². The Balaban J connectivity index is 2.47. The number of primary amides is 1. The number of ether oxygens (including phenoxy) is 2. The summed E-state index contributed by atoms with van der Waals surface area (Å²) in [4.78, 5) is 11.3. The van der Waals surface area contributed by atoms with Crippen molar-refractivity contribution in [3.8, 4) is 0 Å². The second-order valence-electron chi connectivity index (χ2n) is 3.31. The summed E-state index contributed by atoms with van der Waals surface area (Å²) in [5, 5.41) is 0. The summed E-state index contributed by atoms with van der Waals surface area (Å²) in [7, 11) is 0. The quantitative estimate of drug-likeness (QED) is 0.809. The average molecular weight is 229 g/mol. The van der Waals surface area contributed by atoms with E-state index >= 15 is 0 Å². The fourth-order valence-electron chi connectivity index (χ4n) is 1.56. The van der Waals surface area contributed by atoms with Crippen molar-refractivity contribution in [2.24, 2.45) is 5.73 Å². The molecule has 2 N–H and O–H groups in total. The lowest BCUT2D eigenvalue weighted by molar-refractivity contribution is -0.184. The van der Waals surface area contributed by atoms with Crippen LogP contribution in [0.25, 0.3) is 0 Å². The molecule has 0 unspecified atom stereocenters. The van der Waals surface area contributed by atoms with E-state index in [1.54, 1.807) is 0 Å². The van der Waals surface area contributed by atoms with E-state index in [0.717, 1.165) is 12.1 Å². The van der Waals surface area contributed by atoms with Crippen LogP contribution in [0.5, 0.6) is 0 Å². The Kier molecular flexibility index (Phi) is 2.61. The monoisotopic (exact) mass is 229 g/mol. The van der Waals surface area contributed by atoms with Gasteiger partial charge in [0.1, 0.15) is 0 Å². The van der Waals surface area contributed by atoms with Gasteiger partial charge in [-0.2, -0.15) is 0 Å². The molecule has 1 fully saturated rings. The Hall–Kier alpha value is -1.53. The lowest BCUT2D eigenvalue weighted by Gasteiger charge is -2.23. The van der Waals surface area contributed by atoms with Gasteiger partial charge in [0.25, 0.3) is 11.7 Å². The summed E-state index contributed by atoms with van der Waals surface area (Å²) >= 11 is 0. The zero-order valence-corrected chi connectivity index (χ0v) is 8.20. The minimum atomic E-state index is -1.80. The van der Waals surface area contributed by atoms with Gasteiger partial charge in [-0.3, -0.25) is 4.79 Å². The molecule has 1 saturated heterocycles. The maximum atomic E-state index is 13.0. The Morgan fingerprint density at radius 3 is 2.38 bits per heavy atom. The largest absolute Gasteiger partial charge is 0.365 e. The molecule has 1 amide bonds. The second-order valence-corrected chi connectivity index (χ2v) is 3.31. The Morgan fingerprint density at radius 2 is 1.88 bits per heavy atom. The molecule has 1 aromatic carbocycles. The van der Waals surface area contributed by atoms with Crippen LogP contribution in [0.1, 0.15) is 5.56 Å². The molecule has 2 rings (SSSR count). The van der Waals surface area contributed by atoms with E-state index in [0.29, 0.717) is 0 Å². The zero-order chi connectivity index (χ0) is 11.8. The maximum Gasteiger partial charge on any atom is 0.282 e. The van der Waals surface area contributed by atoms with Crippen LogP contribution in [0.2, 0.25) is 0 Å². The van der Waals surface area contributed by atoms with E-state index in [4.69, 9.17) is 15.2 Å². The molecule has 86 valence electrons. The average Bonchev–Trinajstić information content (AvgIpc) is 2.72. The molecule has 0 radical (unpaired) electrons. The van der Waals surface area contributed by atoms with Crippen molar-refractivity contribution in [1.82, 2.24) is 0 Å². The summed E-state index contributed by atoms with van der Waals surface area (Å²) in [5.74, 6) is -4.79. The molecule has 6 heteroatoms. The molecule has 16 heavy (non-hydrogen) atoms. The summed E-state index contributed by atoms with van der Waals surface area (Å²) in [6.45, 7) is 0.337. The number of amides is 1. The first kappa shape index (κ1) is 11.0. The van der Waals surface area contributed by atoms with Gasteiger partial charge in [-0.25, -0.2) is 8.78 Å². The van der Waals surface area contributed by atoms with E-state index in [9.17, 15) is 13.6 Å². The molecule has 1 aromatic rings. The van der Waals surface area contributed by atoms with Crippen LogP contribution in [0.4, 0.5) is 8.78 Å². The topological polar surface area (TPSA) is 61.6 Å². The van der Waals surface area contributed by atoms with Crippen LogP contribution in [-0.4, -0.2) is 19.1 Å². The van der Waals surface area contributed by atoms with Gasteiger partial charge in [-0.15, -0.1) is 0 Å². The van der Waals surface area contributed by atoms with Gasteiger partial charge in [0, 0.05) is 5.56 Å². The van der Waals surface area contributed by atoms with Gasteiger partial charge in [0.2, 0.25) is 0 Å². The van der Waals surface area contributed by atoms with Crippen molar-refractivity contribution < 1.29 is 23.0 Å². The number of hydrogen-bond donors (Lipinski definition) is 1. The van der Waals surface area contributed by atoms with Gasteiger partial charge in [0.15, 0.2) is 11.6 Å². The van der Waals surface area contributed by atoms with Crippen LogP contribution in [0, 0.1) is 11.6 Å². The number of nitrogens with two attached hydrogens (primary N) is 1. The Bertz CT molecular complexity index is 430. The van der Waals surface area contributed by atoms with Crippen molar-refractivity contribution in [2.45, 2.75) is 5.79 Å². The Morgan fingerprint density at radius 1 is 1.25 bits per heavy atom. The molecule has 0 spiro atoms. The predicted octanol–water partition coefficient (Wildman–Crippen LogP) is 0.650. The van der Waals surface area contributed by atoms with Gasteiger partial charge >= 0.3 is 0 Å². The third kappa shape index (κ3) is 1.56. The van der Waals surface area contributed by atoms with Gasteiger partial charge in [-0.1, -0.05) is 0 Å². The predicted molar refractivity (Wildman–Crippen MR) is 49.1 cm³/mol. The number of benzene rings is 1. The maximum absolute atomic E-state index is 13.0. The van der Waals surface area contributed by atoms with Crippen molar-refractivity contribution in [1.29, 1.82) is 0 Å². The minimum Gasteiger partial charge on any atom is -0.365 e. The summed E-state index contributed by atoms with van der Waals surface area (Å²) < 4.78 is 36.0. The van der Waals surface area contributed by atoms with Crippen LogP contribution in [0.3, 0.4) is 0 Å². The van der Waals surface area contributed by atoms with Crippen LogP contribution in [-0.2, 0) is 20.1 Å². The van der Waals surface area contributed by atoms with E-state index in [2.05, 4.69) is 0 Å². The fourth-order valence-corrected chi connectivity index (χ4v) is 1.56. The standard InChI is InChI=1S/C10H9F2NO3/c11-7-2-1-6(5-8(7)12)10(9(13)14)15-3-4-16-10/h1-2,5H,3-4H2,(H2,13,14). The molecule has 0 atom stereocenters. The van der Waals surface area contributed by atoms with Gasteiger partial charge < -0.3 is 15.2 Å². The minimum absolute atomic E-state index is 0.0522. The van der Waals surface area contributed by atoms with E-state index in [1.165, 1.54) is 6.07 Å². The highest BCUT2D eigenvalue weighted by Crippen LogP contribution is 2.31. The van der Waals surface area contributed by atoms with Crippen LogP contribution < -0.4 is 5.73 Å². The molecule has 0 bridgehead atoms. The third-order valence-corrected chi connectivity index (χ3v) is 2.32. The number of carbonyl (C=O) groups is 1. The molecular formula is C10H9F2NO3. The fraction of sp³-hybridized carbons (Fsp3) is 0.300. The van der Waals surface area contributed by atoms with Gasteiger partial charge in [-0.05, 0) is 18.2 Å². The highest BCUT2D eigenvalue weighted by molar-refractivity contribution is 5.83. The Labute approximate surface area is 89.9 Å². The molecule has 0 saturated carbocycles. The van der Waals surface area contributed by atoms with Crippen molar-refractivity contribution in [3.63, 3.8) is 0 Å². The summed E-state index contributed by atoms with van der Waals surface area (Å²) in [6, 6.07) is 2.93. The second kappa shape index (κ2) is 3.80. The van der Waals surface area contributed by atoms with Crippen LogP contribution in [0.15, 0.2) is 18.2 Å². The highest BCUT2D eigenvalue weighted by atomic mass is 19.2. The van der Waals surface area contributed by atoms with E-state index in [-0.39, 0.29) is 18.8 Å². The normalized spacial score (nSPS) is 18.6. The lowest BCUT2D eigenvalue weighted by Crippen LogP contribution is -2.42. The first-order valence-corrected chi connectivity index (χ1v) is 4.59. The number of hydrogen-bond acceptors (Lipinski definition) is 3. The SMILES string of the molecule is NC(=O)C1(c2ccc(F)c(F)c2)OCCO1. The van der Waals surface area contributed by atoms with E-state index < -0.39 is 23.3 Å². The van der Waals surface area contributed by atoms with E-state index in [1.807, 2.05) is 0 Å². The first-order valence-electron chi connectivity index (χ1n) is 4.59. The number of carbonyl (C=O) groups excluding carboxylic acids is 1. The van der Waals surface area contributed by atoms with Crippen molar-refractivity contribution >= 4 is 5.91 Å². The molecule has 0 aromatic heterocycles. The van der Waals surface area contributed by atoms with Crippen LogP contribution >= 0.6 is 0 Å². The molecular weight excluding hydrogens is 220 g/mol. The highest BCUT2D eigenvalue weighted by Gasteiger charge is 2.45. The lowest BCUT2D eigenvalue weighted by atomic mass is 10.0. The number of rotatable bonds is 2. The molecule has 1 aliphatic heterocycles. The van der Waals surface area contributed by atoms with Crippen molar-refractivity contribution in [3.05, 3.63) is 35.4 Å². The zero-order valence-electron chi connectivity index (χ0n) is 8.20. The molecule has 4 nitrogen and oxygen atoms in total. The number of halogens is 2. The molecule has 1 heterocycles. The summed E-state index contributed by atoms with van der Waals surface area (Å²) in [6.07, 6.45) is 0. The first-order chi connectivity index (χ1) is 7.56. The smallest absolute Gasteiger partial charge is 0.282 e.